The van der Waals surface area contributed by atoms with Gasteiger partial charge in [0, 0.05) is 16.5 Å². The zero-order chi connectivity index (χ0) is 19.0. The van der Waals surface area contributed by atoms with E-state index in [1.54, 1.807) is 18.2 Å². The van der Waals surface area contributed by atoms with Crippen LogP contribution in [-0.4, -0.2) is 21.8 Å². The van der Waals surface area contributed by atoms with E-state index < -0.39 is 17.7 Å². The minimum atomic E-state index is -0.803. The maximum Gasteiger partial charge on any atom is 0.183 e. The van der Waals surface area contributed by atoms with Gasteiger partial charge in [0.2, 0.25) is 0 Å². The molecule has 2 atom stereocenters. The van der Waals surface area contributed by atoms with Crippen molar-refractivity contribution in [3.8, 4) is 23.1 Å². The molecule has 5 nitrogen and oxygen atoms in total. The van der Waals surface area contributed by atoms with Crippen LogP contribution in [0.2, 0.25) is 0 Å². The van der Waals surface area contributed by atoms with Gasteiger partial charge in [-0.25, -0.2) is 4.98 Å². The number of aromatic nitrogens is 1. The first-order chi connectivity index (χ1) is 13.0. The fourth-order valence-electron chi connectivity index (χ4n) is 3.24. The molecule has 1 aromatic heterocycles. The first-order valence-electron chi connectivity index (χ1n) is 8.66. The summed E-state index contributed by atoms with van der Waals surface area (Å²) in [6.07, 6.45) is -0.803. The van der Waals surface area contributed by atoms with E-state index in [9.17, 15) is 10.4 Å². The second-order valence-corrected chi connectivity index (χ2v) is 7.90. The van der Waals surface area contributed by atoms with Crippen LogP contribution in [0.15, 0.2) is 53.9 Å². The lowest BCUT2D eigenvalue weighted by Gasteiger charge is -2.42. The highest BCUT2D eigenvalue weighted by Crippen LogP contribution is 2.42. The maximum atomic E-state index is 10.9. The zero-order valence-electron chi connectivity index (χ0n) is 15.0. The summed E-state index contributed by atoms with van der Waals surface area (Å²) in [5.41, 5.74) is 2.45. The number of aliphatic hydroxyl groups excluding tert-OH is 1. The Morgan fingerprint density at radius 3 is 2.74 bits per heavy atom. The van der Waals surface area contributed by atoms with Crippen LogP contribution in [0.5, 0.6) is 5.75 Å². The van der Waals surface area contributed by atoms with Crippen molar-refractivity contribution in [3.05, 3.63) is 65.0 Å². The van der Waals surface area contributed by atoms with Crippen molar-refractivity contribution in [1.82, 2.24) is 4.98 Å². The number of nitrogens with one attached hydrogen (secondary N) is 1. The molecule has 6 heteroatoms. The van der Waals surface area contributed by atoms with Gasteiger partial charge in [0.05, 0.1) is 23.4 Å². The maximum absolute atomic E-state index is 10.9. The number of hydrogen-bond acceptors (Lipinski definition) is 6. The van der Waals surface area contributed by atoms with Gasteiger partial charge in [0.1, 0.15) is 17.5 Å². The third kappa shape index (κ3) is 3.27. The molecule has 136 valence electrons. The fourth-order valence-corrected chi connectivity index (χ4v) is 4.00. The quantitative estimate of drug-likeness (QED) is 0.709. The predicted molar refractivity (Wildman–Crippen MR) is 106 cm³/mol. The van der Waals surface area contributed by atoms with E-state index in [1.165, 1.54) is 11.3 Å². The van der Waals surface area contributed by atoms with Crippen LogP contribution in [0, 0.1) is 11.3 Å². The molecule has 2 aromatic carbocycles. The number of rotatable bonds is 3. The van der Waals surface area contributed by atoms with E-state index in [4.69, 9.17) is 4.74 Å². The Hall–Kier alpha value is -2.88. The second kappa shape index (κ2) is 6.69. The lowest BCUT2D eigenvalue weighted by atomic mass is 9.86. The highest BCUT2D eigenvalue weighted by atomic mass is 32.1. The minimum Gasteiger partial charge on any atom is -0.485 e. The summed E-state index contributed by atoms with van der Waals surface area (Å²) in [6.45, 7) is 3.70. The normalized spacial score (nSPS) is 20.2. The van der Waals surface area contributed by atoms with Gasteiger partial charge in [-0.1, -0.05) is 30.3 Å². The lowest BCUT2D eigenvalue weighted by molar-refractivity contribution is -0.0532. The third-order valence-corrected chi connectivity index (χ3v) is 5.50. The number of aliphatic hydroxyl groups is 1. The molecule has 0 radical (unpaired) electrons. The number of ether oxygens (including phenoxy) is 1. The SMILES string of the molecule is CC1(C)Oc2ccc(C#N)cc2[C@@H](Nc2nc(-c3ccccc3)cs2)[C@@H]1O. The molecule has 3 aromatic rings. The van der Waals surface area contributed by atoms with E-state index in [0.29, 0.717) is 16.4 Å². The number of hydrogen-bond donors (Lipinski definition) is 2. The van der Waals surface area contributed by atoms with Crippen molar-refractivity contribution in [2.45, 2.75) is 31.6 Å². The summed E-state index contributed by atoms with van der Waals surface area (Å²) in [5, 5.41) is 26.2. The zero-order valence-corrected chi connectivity index (χ0v) is 15.8. The Balaban J connectivity index is 1.69. The molecular weight excluding hydrogens is 358 g/mol. The molecule has 0 amide bonds. The summed E-state index contributed by atoms with van der Waals surface area (Å²) >= 11 is 1.49. The van der Waals surface area contributed by atoms with Crippen LogP contribution in [-0.2, 0) is 0 Å². The smallest absolute Gasteiger partial charge is 0.183 e. The van der Waals surface area contributed by atoms with Gasteiger partial charge in [-0.05, 0) is 32.0 Å². The largest absolute Gasteiger partial charge is 0.485 e. The Bertz CT molecular complexity index is 1010. The molecule has 4 rings (SSSR count). The van der Waals surface area contributed by atoms with Crippen molar-refractivity contribution in [2.24, 2.45) is 0 Å². The summed E-state index contributed by atoms with van der Waals surface area (Å²) in [6, 6.07) is 16.9. The predicted octanol–water partition coefficient (Wildman–Crippen LogP) is 4.37. The summed E-state index contributed by atoms with van der Waals surface area (Å²) in [4.78, 5) is 4.66. The molecule has 0 unspecified atom stereocenters. The fraction of sp³-hybridized carbons (Fsp3) is 0.238. The number of benzene rings is 2. The number of nitrogens with zero attached hydrogens (tertiary/aromatic N) is 2. The minimum absolute atomic E-state index is 0.424. The Kier molecular flexibility index (Phi) is 4.34. The monoisotopic (exact) mass is 377 g/mol. The highest BCUT2D eigenvalue weighted by molar-refractivity contribution is 7.14. The molecule has 2 heterocycles. The van der Waals surface area contributed by atoms with Crippen LogP contribution in [0.3, 0.4) is 0 Å². The van der Waals surface area contributed by atoms with E-state index in [2.05, 4.69) is 16.4 Å². The molecule has 0 fully saturated rings. The van der Waals surface area contributed by atoms with Crippen molar-refractivity contribution >= 4 is 16.5 Å². The number of anilines is 1. The van der Waals surface area contributed by atoms with Gasteiger partial charge in [-0.15, -0.1) is 11.3 Å². The van der Waals surface area contributed by atoms with Gasteiger partial charge >= 0.3 is 0 Å². The summed E-state index contributed by atoms with van der Waals surface area (Å²) < 4.78 is 5.96. The van der Waals surface area contributed by atoms with Crippen molar-refractivity contribution in [1.29, 1.82) is 5.26 Å². The molecule has 2 N–H and O–H groups in total. The van der Waals surface area contributed by atoms with Gasteiger partial charge in [-0.3, -0.25) is 0 Å². The molecule has 1 aliphatic heterocycles. The summed E-state index contributed by atoms with van der Waals surface area (Å²) in [7, 11) is 0. The molecular formula is C21H19N3O2S. The molecule has 0 aliphatic carbocycles. The van der Waals surface area contributed by atoms with Gasteiger partial charge in [-0.2, -0.15) is 5.26 Å². The number of fused-ring (bicyclic) bond motifs is 1. The van der Waals surface area contributed by atoms with Crippen LogP contribution in [0.1, 0.15) is 31.0 Å². The Morgan fingerprint density at radius 1 is 1.22 bits per heavy atom. The van der Waals surface area contributed by atoms with Gasteiger partial charge < -0.3 is 15.2 Å². The van der Waals surface area contributed by atoms with Crippen molar-refractivity contribution in [2.75, 3.05) is 5.32 Å². The standard InChI is InChI=1S/C21H19N3O2S/c1-21(2)19(25)18(15-10-13(11-22)8-9-17(15)26-21)24-20-23-16(12-27-20)14-6-4-3-5-7-14/h3-10,12,18-19,25H,1-2H3,(H,23,24)/t18-,19+/m1/s1. The van der Waals surface area contributed by atoms with Gasteiger partial charge in [0.15, 0.2) is 5.13 Å². The van der Waals surface area contributed by atoms with Crippen molar-refractivity contribution in [3.63, 3.8) is 0 Å². The first kappa shape index (κ1) is 17.5. The Morgan fingerprint density at radius 2 is 2.00 bits per heavy atom. The average Bonchev–Trinajstić information content (AvgIpc) is 3.14. The highest BCUT2D eigenvalue weighted by Gasteiger charge is 2.43. The van der Waals surface area contributed by atoms with E-state index in [0.717, 1.165) is 16.8 Å². The lowest BCUT2D eigenvalue weighted by Crippen LogP contribution is -2.50. The van der Waals surface area contributed by atoms with E-state index in [-0.39, 0.29) is 0 Å². The molecule has 0 saturated heterocycles. The second-order valence-electron chi connectivity index (χ2n) is 7.04. The van der Waals surface area contributed by atoms with Crippen LogP contribution in [0.4, 0.5) is 5.13 Å². The first-order valence-corrected chi connectivity index (χ1v) is 9.54. The molecule has 0 bridgehead atoms. The number of thiazole rings is 1. The third-order valence-electron chi connectivity index (χ3n) is 4.73. The Labute approximate surface area is 161 Å². The van der Waals surface area contributed by atoms with E-state index >= 15 is 0 Å². The average molecular weight is 377 g/mol. The summed E-state index contributed by atoms with van der Waals surface area (Å²) in [5.74, 6) is 0.668. The van der Waals surface area contributed by atoms with Gasteiger partial charge in [0.25, 0.3) is 0 Å². The van der Waals surface area contributed by atoms with E-state index in [1.807, 2.05) is 49.6 Å². The molecule has 0 spiro atoms. The molecule has 0 saturated carbocycles. The van der Waals surface area contributed by atoms with Crippen LogP contribution >= 0.6 is 11.3 Å². The number of nitriles is 1. The topological polar surface area (TPSA) is 78.2 Å². The van der Waals surface area contributed by atoms with Crippen LogP contribution in [0.25, 0.3) is 11.3 Å². The molecule has 27 heavy (non-hydrogen) atoms. The van der Waals surface area contributed by atoms with Crippen molar-refractivity contribution < 1.29 is 9.84 Å². The molecule has 1 aliphatic rings. The van der Waals surface area contributed by atoms with Crippen LogP contribution < -0.4 is 10.1 Å².